The third-order valence-electron chi connectivity index (χ3n) is 4.56. The van der Waals surface area contributed by atoms with Gasteiger partial charge in [0, 0.05) is 24.9 Å². The first-order chi connectivity index (χ1) is 14.9. The standard InChI is InChI=1S/C23H18FN3O3S/c1-27(31(28,29)21-10-6-5-9-20(21)24)18-11-13-19(14-12-18)30-22-15-16-25-23(26-22)17-7-3-2-4-8-17/h2-16H,1H3. The predicted molar refractivity (Wildman–Crippen MR) is 116 cm³/mol. The number of aromatic nitrogens is 2. The van der Waals surface area contributed by atoms with E-state index in [1.54, 1.807) is 36.5 Å². The largest absolute Gasteiger partial charge is 0.439 e. The van der Waals surface area contributed by atoms with Gasteiger partial charge in [-0.3, -0.25) is 4.31 Å². The van der Waals surface area contributed by atoms with E-state index in [9.17, 15) is 12.8 Å². The van der Waals surface area contributed by atoms with Crippen LogP contribution in [0.2, 0.25) is 0 Å². The zero-order valence-corrected chi connectivity index (χ0v) is 17.3. The molecule has 0 N–H and O–H groups in total. The lowest BCUT2D eigenvalue weighted by Crippen LogP contribution is -2.27. The average Bonchev–Trinajstić information content (AvgIpc) is 2.80. The van der Waals surface area contributed by atoms with Gasteiger partial charge in [-0.2, -0.15) is 4.98 Å². The Bertz CT molecular complexity index is 1300. The van der Waals surface area contributed by atoms with Crippen molar-refractivity contribution in [2.75, 3.05) is 11.4 Å². The van der Waals surface area contributed by atoms with Crippen molar-refractivity contribution < 1.29 is 17.5 Å². The molecule has 0 atom stereocenters. The summed E-state index contributed by atoms with van der Waals surface area (Å²) in [4.78, 5) is 8.28. The molecule has 0 aliphatic carbocycles. The monoisotopic (exact) mass is 435 g/mol. The fourth-order valence-corrected chi connectivity index (χ4v) is 4.17. The van der Waals surface area contributed by atoms with Crippen molar-refractivity contribution in [3.63, 3.8) is 0 Å². The van der Waals surface area contributed by atoms with Crippen LogP contribution in [0.3, 0.4) is 0 Å². The summed E-state index contributed by atoms with van der Waals surface area (Å²) < 4.78 is 46.3. The number of nitrogens with zero attached hydrogens (tertiary/aromatic N) is 3. The Balaban J connectivity index is 1.53. The number of hydrogen-bond donors (Lipinski definition) is 0. The van der Waals surface area contributed by atoms with Crippen molar-refractivity contribution in [3.8, 4) is 23.0 Å². The van der Waals surface area contributed by atoms with Gasteiger partial charge in [-0.1, -0.05) is 42.5 Å². The van der Waals surface area contributed by atoms with Crippen LogP contribution in [0.15, 0.2) is 96.0 Å². The maximum atomic E-state index is 14.0. The summed E-state index contributed by atoms with van der Waals surface area (Å²) >= 11 is 0. The second kappa shape index (κ2) is 8.53. The van der Waals surface area contributed by atoms with Crippen molar-refractivity contribution in [3.05, 3.63) is 96.9 Å². The minimum absolute atomic E-state index is 0.355. The second-order valence-electron chi connectivity index (χ2n) is 6.58. The Morgan fingerprint density at radius 2 is 1.55 bits per heavy atom. The lowest BCUT2D eigenvalue weighted by atomic mass is 10.2. The van der Waals surface area contributed by atoms with E-state index in [4.69, 9.17) is 4.74 Å². The van der Waals surface area contributed by atoms with Gasteiger partial charge in [-0.25, -0.2) is 17.8 Å². The normalized spacial score (nSPS) is 11.2. The molecule has 1 heterocycles. The SMILES string of the molecule is CN(c1ccc(Oc2ccnc(-c3ccccc3)n2)cc1)S(=O)(=O)c1ccccc1F. The van der Waals surface area contributed by atoms with Crippen LogP contribution in [0.4, 0.5) is 10.1 Å². The minimum atomic E-state index is -4.03. The van der Waals surface area contributed by atoms with Gasteiger partial charge in [-0.05, 0) is 36.4 Å². The molecule has 0 bridgehead atoms. The first kappa shape index (κ1) is 20.5. The van der Waals surface area contributed by atoms with E-state index in [-0.39, 0.29) is 4.90 Å². The summed E-state index contributed by atoms with van der Waals surface area (Å²) in [6, 6.07) is 22.8. The van der Waals surface area contributed by atoms with Crippen molar-refractivity contribution >= 4 is 15.7 Å². The van der Waals surface area contributed by atoms with Gasteiger partial charge in [0.15, 0.2) is 5.82 Å². The Morgan fingerprint density at radius 1 is 0.871 bits per heavy atom. The minimum Gasteiger partial charge on any atom is -0.439 e. The van der Waals surface area contributed by atoms with Crippen LogP contribution >= 0.6 is 0 Å². The zero-order valence-electron chi connectivity index (χ0n) is 16.5. The molecular weight excluding hydrogens is 417 g/mol. The van der Waals surface area contributed by atoms with Gasteiger partial charge in [0.2, 0.25) is 5.88 Å². The van der Waals surface area contributed by atoms with Gasteiger partial charge in [-0.15, -0.1) is 0 Å². The van der Waals surface area contributed by atoms with Crippen LogP contribution in [-0.4, -0.2) is 25.4 Å². The average molecular weight is 435 g/mol. The van der Waals surface area contributed by atoms with E-state index < -0.39 is 15.8 Å². The third-order valence-corrected chi connectivity index (χ3v) is 6.38. The summed E-state index contributed by atoms with van der Waals surface area (Å²) in [7, 11) is -2.66. The van der Waals surface area contributed by atoms with E-state index in [0.717, 1.165) is 15.9 Å². The molecule has 8 heteroatoms. The van der Waals surface area contributed by atoms with Gasteiger partial charge in [0.05, 0.1) is 5.69 Å². The smallest absolute Gasteiger partial charge is 0.266 e. The molecule has 0 aliphatic rings. The highest BCUT2D eigenvalue weighted by Crippen LogP contribution is 2.27. The van der Waals surface area contributed by atoms with E-state index in [1.165, 1.54) is 25.2 Å². The van der Waals surface area contributed by atoms with E-state index in [2.05, 4.69) is 9.97 Å². The summed E-state index contributed by atoms with van der Waals surface area (Å²) in [5, 5.41) is 0. The number of sulfonamides is 1. The Hall–Kier alpha value is -3.78. The molecule has 0 spiro atoms. The molecule has 3 aromatic carbocycles. The van der Waals surface area contributed by atoms with Crippen LogP contribution in [0, 0.1) is 5.82 Å². The fourth-order valence-electron chi connectivity index (χ4n) is 2.91. The van der Waals surface area contributed by atoms with Crippen LogP contribution in [-0.2, 0) is 10.0 Å². The van der Waals surface area contributed by atoms with Crippen LogP contribution in [0.5, 0.6) is 11.6 Å². The zero-order chi connectivity index (χ0) is 21.8. The molecule has 4 aromatic rings. The van der Waals surface area contributed by atoms with Crippen LogP contribution < -0.4 is 9.04 Å². The number of benzene rings is 3. The van der Waals surface area contributed by atoms with Gasteiger partial charge >= 0.3 is 0 Å². The molecule has 0 fully saturated rings. The molecule has 1 aromatic heterocycles. The van der Waals surface area contributed by atoms with Crippen LogP contribution in [0.25, 0.3) is 11.4 Å². The molecule has 6 nitrogen and oxygen atoms in total. The highest BCUT2D eigenvalue weighted by atomic mass is 32.2. The van der Waals surface area contributed by atoms with E-state index in [1.807, 2.05) is 30.3 Å². The van der Waals surface area contributed by atoms with Gasteiger partial charge < -0.3 is 4.74 Å². The Morgan fingerprint density at radius 3 is 2.26 bits per heavy atom. The van der Waals surface area contributed by atoms with Crippen molar-refractivity contribution in [1.82, 2.24) is 9.97 Å². The van der Waals surface area contributed by atoms with Crippen molar-refractivity contribution in [2.24, 2.45) is 0 Å². The molecule has 31 heavy (non-hydrogen) atoms. The van der Waals surface area contributed by atoms with Crippen molar-refractivity contribution in [1.29, 1.82) is 0 Å². The number of anilines is 1. The molecule has 4 rings (SSSR count). The Kier molecular flexibility index (Phi) is 5.64. The van der Waals surface area contributed by atoms with E-state index >= 15 is 0 Å². The van der Waals surface area contributed by atoms with Gasteiger partial charge in [0.1, 0.15) is 16.5 Å². The molecule has 0 amide bonds. The third kappa shape index (κ3) is 4.39. The predicted octanol–water partition coefficient (Wildman–Crippen LogP) is 4.90. The molecular formula is C23H18FN3O3S. The molecule has 0 radical (unpaired) electrons. The molecule has 0 saturated heterocycles. The molecule has 0 saturated carbocycles. The lowest BCUT2D eigenvalue weighted by Gasteiger charge is -2.20. The summed E-state index contributed by atoms with van der Waals surface area (Å²) in [5.41, 5.74) is 1.23. The number of ether oxygens (including phenoxy) is 1. The maximum Gasteiger partial charge on any atom is 0.266 e. The first-order valence-corrected chi connectivity index (χ1v) is 10.8. The summed E-state index contributed by atoms with van der Waals surface area (Å²) in [6.07, 6.45) is 1.60. The summed E-state index contributed by atoms with van der Waals surface area (Å²) in [5.74, 6) is 0.560. The lowest BCUT2D eigenvalue weighted by molar-refractivity contribution is 0.462. The molecule has 0 unspecified atom stereocenters. The topological polar surface area (TPSA) is 72.4 Å². The quantitative estimate of drug-likeness (QED) is 0.431. The summed E-state index contributed by atoms with van der Waals surface area (Å²) in [6.45, 7) is 0. The van der Waals surface area contributed by atoms with Crippen molar-refractivity contribution in [2.45, 2.75) is 4.90 Å². The number of hydrogen-bond acceptors (Lipinski definition) is 5. The van der Waals surface area contributed by atoms with Gasteiger partial charge in [0.25, 0.3) is 10.0 Å². The Labute approximate surface area is 179 Å². The fraction of sp³-hybridized carbons (Fsp3) is 0.0435. The number of rotatable bonds is 6. The maximum absolute atomic E-state index is 14.0. The first-order valence-electron chi connectivity index (χ1n) is 9.35. The van der Waals surface area contributed by atoms with E-state index in [0.29, 0.717) is 23.1 Å². The second-order valence-corrected chi connectivity index (χ2v) is 8.52. The highest BCUT2D eigenvalue weighted by molar-refractivity contribution is 7.92. The molecule has 0 aliphatic heterocycles. The van der Waals surface area contributed by atoms with Crippen LogP contribution in [0.1, 0.15) is 0 Å². The number of halogens is 1. The highest BCUT2D eigenvalue weighted by Gasteiger charge is 2.24. The molecule has 156 valence electrons.